The van der Waals surface area contributed by atoms with Crippen molar-refractivity contribution in [2.45, 2.75) is 39.0 Å². The summed E-state index contributed by atoms with van der Waals surface area (Å²) in [6.07, 6.45) is 4.40. The van der Waals surface area contributed by atoms with Crippen LogP contribution in [0.15, 0.2) is 65.0 Å². The van der Waals surface area contributed by atoms with Gasteiger partial charge >= 0.3 is 0 Å². The molecule has 1 unspecified atom stereocenters. The number of ketones is 3. The second kappa shape index (κ2) is 6.68. The maximum Gasteiger partial charge on any atom is 0.192 e. The van der Waals surface area contributed by atoms with E-state index in [1.54, 1.807) is 30.3 Å². The van der Waals surface area contributed by atoms with Crippen LogP contribution in [0.4, 0.5) is 0 Å². The van der Waals surface area contributed by atoms with Crippen LogP contribution in [0.3, 0.4) is 0 Å². The molecule has 0 saturated heterocycles. The number of pyridine rings is 1. The molecule has 1 heterocycles. The highest BCUT2D eigenvalue weighted by atomic mass is 16.1. The molecule has 5 rings (SSSR count). The molecule has 2 aromatic rings. The second-order valence-electron chi connectivity index (χ2n) is 9.27. The smallest absolute Gasteiger partial charge is 0.192 e. The lowest BCUT2D eigenvalue weighted by molar-refractivity contribution is -0.118. The first-order valence-corrected chi connectivity index (χ1v) is 10.3. The molecule has 0 bridgehead atoms. The molecule has 31 heavy (non-hydrogen) atoms. The quantitative estimate of drug-likeness (QED) is 0.693. The van der Waals surface area contributed by atoms with Gasteiger partial charge in [-0.25, -0.2) is 0 Å². The van der Waals surface area contributed by atoms with Crippen LogP contribution in [0.2, 0.25) is 0 Å². The third-order valence-electron chi connectivity index (χ3n) is 6.51. The van der Waals surface area contributed by atoms with Crippen molar-refractivity contribution < 1.29 is 14.4 Å². The van der Waals surface area contributed by atoms with Crippen molar-refractivity contribution in [1.82, 2.24) is 4.98 Å². The fourth-order valence-electron chi connectivity index (χ4n) is 5.25. The van der Waals surface area contributed by atoms with Gasteiger partial charge in [-0.3, -0.25) is 19.4 Å². The largest absolute Gasteiger partial charge is 0.294 e. The number of allylic oxidation sites excluding steroid dienone is 4. The molecular weight excluding hydrogens is 388 g/mol. The number of benzene rings is 1. The van der Waals surface area contributed by atoms with E-state index in [0.29, 0.717) is 52.7 Å². The van der Waals surface area contributed by atoms with Crippen LogP contribution < -0.4 is 0 Å². The second-order valence-corrected chi connectivity index (χ2v) is 9.27. The minimum atomic E-state index is -0.590. The average molecular weight is 408 g/mol. The molecule has 0 radical (unpaired) electrons. The molecule has 3 aliphatic rings. The van der Waals surface area contributed by atoms with Gasteiger partial charge in [0.05, 0.1) is 17.2 Å². The first-order chi connectivity index (χ1) is 14.8. The molecule has 1 aromatic heterocycles. The molecule has 0 N–H and O–H groups in total. The minimum Gasteiger partial charge on any atom is -0.294 e. The fourth-order valence-corrected chi connectivity index (χ4v) is 5.25. The maximum absolute atomic E-state index is 13.6. The Bertz CT molecular complexity index is 1290. The lowest BCUT2D eigenvalue weighted by atomic mass is 9.61. The van der Waals surface area contributed by atoms with Gasteiger partial charge in [-0.2, -0.15) is 5.26 Å². The monoisotopic (exact) mass is 408 g/mol. The van der Waals surface area contributed by atoms with Crippen molar-refractivity contribution >= 4 is 17.3 Å². The van der Waals surface area contributed by atoms with Gasteiger partial charge in [-0.15, -0.1) is 0 Å². The van der Waals surface area contributed by atoms with Gasteiger partial charge in [0.2, 0.25) is 0 Å². The third kappa shape index (κ3) is 2.90. The fraction of sp³-hybridized carbons (Fsp3) is 0.269. The van der Waals surface area contributed by atoms with Crippen molar-refractivity contribution in [3.05, 3.63) is 87.3 Å². The number of Topliss-reactive ketones (excluding diaryl/α,β-unsaturated/α-hetero) is 3. The van der Waals surface area contributed by atoms with Gasteiger partial charge in [-0.05, 0) is 42.0 Å². The van der Waals surface area contributed by atoms with Crippen molar-refractivity contribution in [1.29, 1.82) is 5.26 Å². The molecule has 5 nitrogen and oxygen atoms in total. The van der Waals surface area contributed by atoms with E-state index in [9.17, 15) is 19.6 Å². The molecule has 1 aromatic carbocycles. The number of carbonyl (C=O) groups excluding carboxylic acids is 3. The molecule has 5 heteroatoms. The first-order valence-electron chi connectivity index (χ1n) is 10.3. The van der Waals surface area contributed by atoms with Crippen LogP contribution in [0, 0.1) is 16.7 Å². The van der Waals surface area contributed by atoms with E-state index in [2.05, 4.69) is 24.9 Å². The van der Waals surface area contributed by atoms with Crippen molar-refractivity contribution in [3.8, 4) is 6.07 Å². The number of rotatable bonds is 1. The van der Waals surface area contributed by atoms with Crippen molar-refractivity contribution in [3.63, 3.8) is 0 Å². The van der Waals surface area contributed by atoms with Gasteiger partial charge in [0.25, 0.3) is 0 Å². The summed E-state index contributed by atoms with van der Waals surface area (Å²) >= 11 is 0. The predicted octanol–water partition coefficient (Wildman–Crippen LogP) is 4.50. The van der Waals surface area contributed by atoms with Crippen LogP contribution in [0.1, 0.15) is 70.9 Å². The van der Waals surface area contributed by atoms with Gasteiger partial charge in [-0.1, -0.05) is 31.6 Å². The van der Waals surface area contributed by atoms with Gasteiger partial charge in [0.15, 0.2) is 17.3 Å². The Balaban J connectivity index is 1.75. The molecule has 0 fully saturated rings. The van der Waals surface area contributed by atoms with Crippen LogP contribution in [0.5, 0.6) is 0 Å². The number of fused-ring (bicyclic) bond motifs is 1. The van der Waals surface area contributed by atoms with E-state index in [-0.39, 0.29) is 22.8 Å². The highest BCUT2D eigenvalue weighted by molar-refractivity contribution is 6.28. The predicted molar refractivity (Wildman–Crippen MR) is 113 cm³/mol. The Morgan fingerprint density at radius 1 is 0.968 bits per heavy atom. The number of nitriles is 1. The summed E-state index contributed by atoms with van der Waals surface area (Å²) in [7, 11) is 0. The molecular formula is C26H20N2O3. The van der Waals surface area contributed by atoms with Crippen LogP contribution in [-0.2, 0) is 4.79 Å². The van der Waals surface area contributed by atoms with Crippen LogP contribution in [-0.4, -0.2) is 22.3 Å². The van der Waals surface area contributed by atoms with Crippen LogP contribution >= 0.6 is 0 Å². The number of aromatic nitrogens is 1. The third-order valence-corrected chi connectivity index (χ3v) is 6.51. The Labute approximate surface area is 180 Å². The highest BCUT2D eigenvalue weighted by Gasteiger charge is 2.46. The average Bonchev–Trinajstić information content (AvgIpc) is 2.75. The number of nitrogens with zero attached hydrogens (tertiary/aromatic N) is 2. The number of hydrogen-bond donors (Lipinski definition) is 0. The summed E-state index contributed by atoms with van der Waals surface area (Å²) < 4.78 is 0. The zero-order chi connectivity index (χ0) is 21.9. The molecule has 0 aliphatic heterocycles. The molecule has 0 amide bonds. The number of hydrogen-bond acceptors (Lipinski definition) is 5. The SMILES string of the molecule is CC1(C)CC(=O)C2=C(CC3=C(C(=O)c4ccncc4C3=O)C2c2ccc(C#N)cc2)C1. The Morgan fingerprint density at radius 3 is 2.42 bits per heavy atom. The van der Waals surface area contributed by atoms with E-state index in [1.807, 2.05) is 0 Å². The Hall–Kier alpha value is -3.65. The lowest BCUT2D eigenvalue weighted by Crippen LogP contribution is -2.36. The van der Waals surface area contributed by atoms with Crippen LogP contribution in [0.25, 0.3) is 0 Å². The summed E-state index contributed by atoms with van der Waals surface area (Å²) in [6.45, 7) is 4.12. The Morgan fingerprint density at radius 2 is 1.71 bits per heavy atom. The van der Waals surface area contributed by atoms with Crippen molar-refractivity contribution in [2.24, 2.45) is 5.41 Å². The topological polar surface area (TPSA) is 87.9 Å². The normalized spacial score (nSPS) is 22.0. The minimum absolute atomic E-state index is 0.0351. The van der Waals surface area contributed by atoms with E-state index < -0.39 is 5.92 Å². The summed E-state index contributed by atoms with van der Waals surface area (Å²) in [5, 5.41) is 9.17. The number of carbonyl (C=O) groups is 3. The maximum atomic E-state index is 13.6. The zero-order valence-corrected chi connectivity index (χ0v) is 17.4. The van der Waals surface area contributed by atoms with Gasteiger partial charge < -0.3 is 0 Å². The zero-order valence-electron chi connectivity index (χ0n) is 17.4. The van der Waals surface area contributed by atoms with E-state index in [4.69, 9.17) is 0 Å². The molecule has 152 valence electrons. The first kappa shape index (κ1) is 19.3. The summed E-state index contributed by atoms with van der Waals surface area (Å²) in [5.74, 6) is -0.954. The molecule has 0 saturated carbocycles. The lowest BCUT2D eigenvalue weighted by Gasteiger charge is -2.40. The van der Waals surface area contributed by atoms with E-state index in [0.717, 1.165) is 11.1 Å². The summed E-state index contributed by atoms with van der Waals surface area (Å²) in [5.41, 5.74) is 4.21. The standard InChI is InChI=1S/C26H20N2O3/c1-26(2)10-16-9-18-23(25(31)17-7-8-28-13-19(17)24(18)30)22(21(16)20(29)11-26)15-5-3-14(12-27)4-6-15/h3-8,13,22H,9-11H2,1-2H3. The molecule has 3 aliphatic carbocycles. The summed E-state index contributed by atoms with van der Waals surface area (Å²) in [4.78, 5) is 44.3. The highest BCUT2D eigenvalue weighted by Crippen LogP contribution is 2.52. The van der Waals surface area contributed by atoms with Crippen molar-refractivity contribution in [2.75, 3.05) is 0 Å². The molecule has 0 spiro atoms. The van der Waals surface area contributed by atoms with Gasteiger partial charge in [0, 0.05) is 47.0 Å². The van der Waals surface area contributed by atoms with E-state index >= 15 is 0 Å². The Kier molecular flexibility index (Phi) is 4.16. The summed E-state index contributed by atoms with van der Waals surface area (Å²) in [6, 6.07) is 10.6. The van der Waals surface area contributed by atoms with E-state index in [1.165, 1.54) is 12.4 Å². The van der Waals surface area contributed by atoms with Gasteiger partial charge in [0.1, 0.15) is 0 Å². The molecule has 1 atom stereocenters.